The highest BCUT2D eigenvalue weighted by molar-refractivity contribution is 5.20. The van der Waals surface area contributed by atoms with Crippen LogP contribution in [0.4, 0.5) is 8.78 Å². The molecule has 1 unspecified atom stereocenters. The van der Waals surface area contributed by atoms with Crippen molar-refractivity contribution >= 4 is 0 Å². The summed E-state index contributed by atoms with van der Waals surface area (Å²) in [5, 5.41) is 3.33. The smallest absolute Gasteiger partial charge is 0.129 e. The second-order valence-corrected chi connectivity index (χ2v) is 5.54. The summed E-state index contributed by atoms with van der Waals surface area (Å²) in [6.07, 6.45) is 0.643. The second-order valence-electron chi connectivity index (χ2n) is 5.54. The van der Waals surface area contributed by atoms with E-state index in [4.69, 9.17) is 0 Å². The molecule has 2 rings (SSSR count). The number of hydrogen-bond donors (Lipinski definition) is 1. The Morgan fingerprint density at radius 1 is 1.21 bits per heavy atom. The average molecular weight is 268 g/mol. The summed E-state index contributed by atoms with van der Waals surface area (Å²) in [4.78, 5) is 2.41. The Labute approximate surface area is 113 Å². The molecule has 1 aromatic carbocycles. The Morgan fingerprint density at radius 3 is 2.47 bits per heavy atom. The molecule has 1 atom stereocenters. The predicted octanol–water partition coefficient (Wildman–Crippen LogP) is 2.44. The molecule has 0 saturated carbocycles. The highest BCUT2D eigenvalue weighted by Gasteiger charge is 2.24. The molecule has 0 spiro atoms. The normalized spacial score (nSPS) is 18.8. The van der Waals surface area contributed by atoms with Gasteiger partial charge in [0.2, 0.25) is 0 Å². The lowest BCUT2D eigenvalue weighted by Crippen LogP contribution is -2.51. The van der Waals surface area contributed by atoms with E-state index in [2.05, 4.69) is 24.1 Å². The Hall–Kier alpha value is -1.00. The maximum atomic E-state index is 13.8. The molecule has 19 heavy (non-hydrogen) atoms. The Balaban J connectivity index is 2.11. The first-order valence-electron chi connectivity index (χ1n) is 6.96. The summed E-state index contributed by atoms with van der Waals surface area (Å²) in [5.74, 6) is -0.493. The first-order valence-corrected chi connectivity index (χ1v) is 6.96. The maximum absolute atomic E-state index is 13.8. The minimum atomic E-state index is -0.510. The molecule has 1 aromatic rings. The van der Waals surface area contributed by atoms with Crippen molar-refractivity contribution < 1.29 is 8.78 Å². The van der Waals surface area contributed by atoms with Crippen LogP contribution in [0.3, 0.4) is 0 Å². The fourth-order valence-corrected chi connectivity index (χ4v) is 2.71. The molecule has 0 aromatic heterocycles. The van der Waals surface area contributed by atoms with Crippen molar-refractivity contribution in [2.45, 2.75) is 26.3 Å². The highest BCUT2D eigenvalue weighted by atomic mass is 19.1. The zero-order chi connectivity index (χ0) is 13.8. The van der Waals surface area contributed by atoms with Crippen LogP contribution >= 0.6 is 0 Å². The zero-order valence-electron chi connectivity index (χ0n) is 11.6. The van der Waals surface area contributed by atoms with E-state index in [1.54, 1.807) is 6.07 Å². The van der Waals surface area contributed by atoms with Crippen LogP contribution < -0.4 is 5.32 Å². The molecular formula is C15H22F2N2. The molecule has 1 fully saturated rings. The third kappa shape index (κ3) is 3.74. The number of nitrogens with zero attached hydrogens (tertiary/aromatic N) is 1. The van der Waals surface area contributed by atoms with Gasteiger partial charge in [-0.25, -0.2) is 8.78 Å². The van der Waals surface area contributed by atoms with Gasteiger partial charge in [-0.3, -0.25) is 4.90 Å². The van der Waals surface area contributed by atoms with Crippen molar-refractivity contribution in [2.75, 3.05) is 26.2 Å². The number of piperazine rings is 1. The maximum Gasteiger partial charge on any atom is 0.129 e. The van der Waals surface area contributed by atoms with Gasteiger partial charge in [0.15, 0.2) is 0 Å². The third-order valence-corrected chi connectivity index (χ3v) is 3.83. The number of nitrogens with one attached hydrogen (secondary N) is 1. The van der Waals surface area contributed by atoms with Gasteiger partial charge in [-0.1, -0.05) is 19.9 Å². The zero-order valence-corrected chi connectivity index (χ0v) is 11.6. The summed E-state index contributed by atoms with van der Waals surface area (Å²) in [6, 6.07) is 4.20. The molecule has 0 bridgehead atoms. The monoisotopic (exact) mass is 268 g/mol. The lowest BCUT2D eigenvalue weighted by molar-refractivity contribution is 0.135. The molecule has 4 heteroatoms. The van der Waals surface area contributed by atoms with Crippen LogP contribution in [0.2, 0.25) is 0 Å². The Kier molecular flexibility index (Phi) is 4.88. The number of rotatable bonds is 4. The molecule has 0 amide bonds. The van der Waals surface area contributed by atoms with Crippen molar-refractivity contribution in [3.05, 3.63) is 35.4 Å². The SMILES string of the molecule is CC(C)C(Cc1ccc(F)cc1F)N1CCNCC1. The van der Waals surface area contributed by atoms with Crippen molar-refractivity contribution in [2.24, 2.45) is 5.92 Å². The van der Waals surface area contributed by atoms with E-state index in [0.717, 1.165) is 32.2 Å². The number of halogens is 2. The van der Waals surface area contributed by atoms with Crippen LogP contribution in [0.25, 0.3) is 0 Å². The van der Waals surface area contributed by atoms with E-state index in [1.807, 2.05) is 0 Å². The summed E-state index contributed by atoms with van der Waals surface area (Å²) in [6.45, 7) is 8.27. The van der Waals surface area contributed by atoms with Gasteiger partial charge >= 0.3 is 0 Å². The minimum Gasteiger partial charge on any atom is -0.314 e. The van der Waals surface area contributed by atoms with Crippen molar-refractivity contribution in [1.82, 2.24) is 10.2 Å². The van der Waals surface area contributed by atoms with Crippen LogP contribution in [-0.2, 0) is 6.42 Å². The van der Waals surface area contributed by atoms with Crippen molar-refractivity contribution in [3.8, 4) is 0 Å². The summed E-state index contributed by atoms with van der Waals surface area (Å²) in [7, 11) is 0. The van der Waals surface area contributed by atoms with Gasteiger partial charge in [0.05, 0.1) is 0 Å². The topological polar surface area (TPSA) is 15.3 Å². The fourth-order valence-electron chi connectivity index (χ4n) is 2.71. The Morgan fingerprint density at radius 2 is 1.89 bits per heavy atom. The van der Waals surface area contributed by atoms with Gasteiger partial charge in [-0.2, -0.15) is 0 Å². The predicted molar refractivity (Wildman–Crippen MR) is 73.1 cm³/mol. The van der Waals surface area contributed by atoms with Gasteiger partial charge in [0.25, 0.3) is 0 Å². The molecule has 1 saturated heterocycles. The van der Waals surface area contributed by atoms with Gasteiger partial charge in [-0.15, -0.1) is 0 Å². The molecular weight excluding hydrogens is 246 g/mol. The van der Waals surface area contributed by atoms with Crippen LogP contribution in [0.1, 0.15) is 19.4 Å². The number of benzene rings is 1. The lowest BCUT2D eigenvalue weighted by atomic mass is 9.94. The molecule has 1 heterocycles. The van der Waals surface area contributed by atoms with E-state index >= 15 is 0 Å². The lowest BCUT2D eigenvalue weighted by Gasteiger charge is -2.37. The largest absolute Gasteiger partial charge is 0.314 e. The van der Waals surface area contributed by atoms with Gasteiger partial charge < -0.3 is 5.32 Å². The first-order chi connectivity index (χ1) is 9.08. The molecule has 1 aliphatic heterocycles. The van der Waals surface area contributed by atoms with Crippen LogP contribution in [0.15, 0.2) is 18.2 Å². The van der Waals surface area contributed by atoms with E-state index in [-0.39, 0.29) is 0 Å². The summed E-state index contributed by atoms with van der Waals surface area (Å²) in [5.41, 5.74) is 0.610. The van der Waals surface area contributed by atoms with Gasteiger partial charge in [0, 0.05) is 38.3 Å². The number of hydrogen-bond acceptors (Lipinski definition) is 2. The van der Waals surface area contributed by atoms with E-state index in [9.17, 15) is 8.78 Å². The molecule has 0 aliphatic carbocycles. The van der Waals surface area contributed by atoms with Gasteiger partial charge in [-0.05, 0) is 24.0 Å². The summed E-state index contributed by atoms with van der Waals surface area (Å²) >= 11 is 0. The van der Waals surface area contributed by atoms with E-state index in [0.29, 0.717) is 23.9 Å². The van der Waals surface area contributed by atoms with E-state index in [1.165, 1.54) is 6.07 Å². The highest BCUT2D eigenvalue weighted by Crippen LogP contribution is 2.19. The second kappa shape index (κ2) is 6.44. The standard InChI is InChI=1S/C15H22F2N2/c1-11(2)15(19-7-5-18-6-8-19)9-12-3-4-13(16)10-14(12)17/h3-4,10-11,15,18H,5-9H2,1-2H3. The van der Waals surface area contributed by atoms with Crippen LogP contribution in [-0.4, -0.2) is 37.1 Å². The minimum absolute atomic E-state index is 0.307. The van der Waals surface area contributed by atoms with Gasteiger partial charge in [0.1, 0.15) is 11.6 Å². The fraction of sp³-hybridized carbons (Fsp3) is 0.600. The average Bonchev–Trinajstić information content (AvgIpc) is 2.38. The summed E-state index contributed by atoms with van der Waals surface area (Å²) < 4.78 is 26.7. The molecule has 1 aliphatic rings. The Bertz CT molecular complexity index is 415. The molecule has 2 nitrogen and oxygen atoms in total. The first kappa shape index (κ1) is 14.4. The van der Waals surface area contributed by atoms with Crippen LogP contribution in [0.5, 0.6) is 0 Å². The van der Waals surface area contributed by atoms with E-state index < -0.39 is 11.6 Å². The molecule has 0 radical (unpaired) electrons. The quantitative estimate of drug-likeness (QED) is 0.902. The molecule has 1 N–H and O–H groups in total. The third-order valence-electron chi connectivity index (χ3n) is 3.83. The van der Waals surface area contributed by atoms with Crippen molar-refractivity contribution in [3.63, 3.8) is 0 Å². The molecule has 106 valence electrons. The van der Waals surface area contributed by atoms with Crippen molar-refractivity contribution in [1.29, 1.82) is 0 Å². The van der Waals surface area contributed by atoms with Crippen LogP contribution in [0, 0.1) is 17.6 Å².